The highest BCUT2D eigenvalue weighted by Gasteiger charge is 2.42. The molecule has 2 N–H and O–H groups in total. The lowest BCUT2D eigenvalue weighted by molar-refractivity contribution is 0.200. The number of nitrogens with zero attached hydrogens (tertiary/aromatic N) is 2. The lowest BCUT2D eigenvalue weighted by Crippen LogP contribution is -2.41. The fraction of sp³-hybridized carbons (Fsp3) is 0.800. The summed E-state index contributed by atoms with van der Waals surface area (Å²) in [4.78, 5) is 17.3. The monoisotopic (exact) mass is 227 g/mol. The minimum absolute atomic E-state index is 0.0807. The Balaban J connectivity index is 1.94. The summed E-state index contributed by atoms with van der Waals surface area (Å²) in [6, 6.07) is 0.378. The molecular weight excluding hydrogens is 210 g/mol. The van der Waals surface area contributed by atoms with Gasteiger partial charge in [-0.15, -0.1) is 0 Å². The molecule has 1 aliphatic carbocycles. The molecule has 1 fully saturated rings. The van der Waals surface area contributed by atoms with Gasteiger partial charge in [0, 0.05) is 6.04 Å². The number of thioether (sulfide) groups is 1. The maximum Gasteiger partial charge on any atom is 0.346 e. The Morgan fingerprint density at radius 2 is 2.33 bits per heavy atom. The first-order valence-electron chi connectivity index (χ1n) is 5.39. The lowest BCUT2D eigenvalue weighted by atomic mass is 10.1. The van der Waals surface area contributed by atoms with Gasteiger partial charge in [0.15, 0.2) is 0 Å². The molecule has 15 heavy (non-hydrogen) atoms. The predicted octanol–water partition coefficient (Wildman–Crippen LogP) is 1.45. The summed E-state index contributed by atoms with van der Waals surface area (Å²) in [6.07, 6.45) is 6.38. The highest BCUT2D eigenvalue weighted by molar-refractivity contribution is 7.98. The Bertz CT molecular complexity index is 288. The van der Waals surface area contributed by atoms with E-state index in [9.17, 15) is 4.79 Å². The van der Waals surface area contributed by atoms with Crippen LogP contribution in [0.25, 0.3) is 0 Å². The highest BCUT2D eigenvalue weighted by atomic mass is 32.2. The van der Waals surface area contributed by atoms with Crippen molar-refractivity contribution in [1.29, 1.82) is 0 Å². The molecule has 1 unspecified atom stereocenters. The van der Waals surface area contributed by atoms with E-state index in [-0.39, 0.29) is 12.1 Å². The Hall–Kier alpha value is -0.710. The molecule has 0 aromatic carbocycles. The van der Waals surface area contributed by atoms with Gasteiger partial charge in [0.1, 0.15) is 5.84 Å². The Morgan fingerprint density at radius 1 is 1.60 bits per heavy atom. The zero-order valence-corrected chi connectivity index (χ0v) is 9.80. The van der Waals surface area contributed by atoms with Crippen molar-refractivity contribution in [3.63, 3.8) is 0 Å². The SMILES string of the molecule is CSCCCC1C(N)=NC(=O)N1C1CC1. The first-order chi connectivity index (χ1) is 7.24. The number of aliphatic imine (C=N–C) groups is 1. The van der Waals surface area contributed by atoms with Crippen molar-refractivity contribution in [3.8, 4) is 0 Å². The summed E-state index contributed by atoms with van der Waals surface area (Å²) in [5.74, 6) is 1.64. The van der Waals surface area contributed by atoms with Crippen molar-refractivity contribution in [2.24, 2.45) is 10.7 Å². The van der Waals surface area contributed by atoms with Gasteiger partial charge in [-0.3, -0.25) is 0 Å². The largest absolute Gasteiger partial charge is 0.385 e. The second kappa shape index (κ2) is 4.43. The van der Waals surface area contributed by atoms with Gasteiger partial charge in [0.05, 0.1) is 6.04 Å². The van der Waals surface area contributed by atoms with Gasteiger partial charge in [-0.1, -0.05) is 0 Å². The molecule has 0 bridgehead atoms. The molecule has 0 saturated heterocycles. The van der Waals surface area contributed by atoms with Crippen LogP contribution in [0.15, 0.2) is 4.99 Å². The highest BCUT2D eigenvalue weighted by Crippen LogP contribution is 2.32. The molecule has 1 aliphatic heterocycles. The molecule has 2 aliphatic rings. The van der Waals surface area contributed by atoms with Crippen LogP contribution in [0.1, 0.15) is 25.7 Å². The van der Waals surface area contributed by atoms with E-state index in [1.165, 1.54) is 0 Å². The molecule has 2 rings (SSSR count). The van der Waals surface area contributed by atoms with Crippen LogP contribution in [0.4, 0.5) is 4.79 Å². The van der Waals surface area contributed by atoms with E-state index < -0.39 is 0 Å². The van der Waals surface area contributed by atoms with Gasteiger partial charge in [-0.25, -0.2) is 4.79 Å². The van der Waals surface area contributed by atoms with Crippen LogP contribution < -0.4 is 5.73 Å². The summed E-state index contributed by atoms with van der Waals surface area (Å²) in [5.41, 5.74) is 5.79. The van der Waals surface area contributed by atoms with E-state index >= 15 is 0 Å². The average Bonchev–Trinajstić information content (AvgIpc) is 2.96. The molecular formula is C10H17N3OS. The van der Waals surface area contributed by atoms with E-state index in [1.807, 2.05) is 16.7 Å². The van der Waals surface area contributed by atoms with Crippen molar-refractivity contribution < 1.29 is 4.79 Å². The molecule has 5 heteroatoms. The maximum absolute atomic E-state index is 11.6. The molecule has 4 nitrogen and oxygen atoms in total. The van der Waals surface area contributed by atoms with Gasteiger partial charge < -0.3 is 10.6 Å². The predicted molar refractivity (Wildman–Crippen MR) is 63.3 cm³/mol. The molecule has 2 amide bonds. The Labute approximate surface area is 94.3 Å². The minimum Gasteiger partial charge on any atom is -0.385 e. The van der Waals surface area contributed by atoms with Crippen molar-refractivity contribution in [1.82, 2.24) is 4.90 Å². The van der Waals surface area contributed by atoms with Crippen LogP contribution in [0.2, 0.25) is 0 Å². The van der Waals surface area contributed by atoms with E-state index in [0.29, 0.717) is 11.9 Å². The van der Waals surface area contributed by atoms with Crippen LogP contribution in [0.5, 0.6) is 0 Å². The molecule has 1 heterocycles. The van der Waals surface area contributed by atoms with Gasteiger partial charge in [0.2, 0.25) is 0 Å². The van der Waals surface area contributed by atoms with Crippen molar-refractivity contribution >= 4 is 23.6 Å². The molecule has 0 aromatic heterocycles. The Morgan fingerprint density at radius 3 is 2.93 bits per heavy atom. The fourth-order valence-corrected chi connectivity index (χ4v) is 2.45. The summed E-state index contributed by atoms with van der Waals surface area (Å²) >= 11 is 1.83. The lowest BCUT2D eigenvalue weighted by Gasteiger charge is -2.23. The number of urea groups is 1. The number of hydrogen-bond acceptors (Lipinski definition) is 3. The number of nitrogens with two attached hydrogens (primary N) is 1. The number of amides is 2. The third kappa shape index (κ3) is 2.27. The number of carbonyl (C=O) groups is 1. The summed E-state index contributed by atoms with van der Waals surface area (Å²) in [5, 5.41) is 0. The van der Waals surface area contributed by atoms with E-state index in [2.05, 4.69) is 11.2 Å². The van der Waals surface area contributed by atoms with Gasteiger partial charge in [-0.05, 0) is 37.7 Å². The van der Waals surface area contributed by atoms with Crippen LogP contribution >= 0.6 is 11.8 Å². The normalized spacial score (nSPS) is 25.9. The van der Waals surface area contributed by atoms with Crippen LogP contribution in [0.3, 0.4) is 0 Å². The van der Waals surface area contributed by atoms with E-state index in [4.69, 9.17) is 5.73 Å². The molecule has 0 spiro atoms. The van der Waals surface area contributed by atoms with Gasteiger partial charge in [0.25, 0.3) is 0 Å². The standard InChI is InChI=1S/C10H17N3OS/c1-15-6-2-3-8-9(11)12-10(14)13(8)7-4-5-7/h7-8H,2-6H2,1H3,(H2,11,12,14). The van der Waals surface area contributed by atoms with Gasteiger partial charge >= 0.3 is 6.03 Å². The quantitative estimate of drug-likeness (QED) is 0.723. The third-order valence-corrected chi connectivity index (χ3v) is 3.59. The second-order valence-electron chi connectivity index (χ2n) is 4.11. The Kier molecular flexibility index (Phi) is 3.19. The smallest absolute Gasteiger partial charge is 0.346 e. The molecule has 84 valence electrons. The number of rotatable bonds is 5. The fourth-order valence-electron chi connectivity index (χ4n) is 1.99. The van der Waals surface area contributed by atoms with E-state index in [0.717, 1.165) is 31.4 Å². The van der Waals surface area contributed by atoms with Crippen LogP contribution in [-0.2, 0) is 0 Å². The van der Waals surface area contributed by atoms with Crippen LogP contribution in [-0.4, -0.2) is 40.9 Å². The summed E-state index contributed by atoms with van der Waals surface area (Å²) < 4.78 is 0. The summed E-state index contributed by atoms with van der Waals surface area (Å²) in [7, 11) is 0. The zero-order valence-electron chi connectivity index (χ0n) is 8.98. The number of amidine groups is 1. The molecule has 1 saturated carbocycles. The van der Waals surface area contributed by atoms with Crippen molar-refractivity contribution in [2.75, 3.05) is 12.0 Å². The number of hydrogen-bond donors (Lipinski definition) is 1. The number of carbonyl (C=O) groups excluding carboxylic acids is 1. The summed E-state index contributed by atoms with van der Waals surface area (Å²) in [6.45, 7) is 0. The molecule has 0 aromatic rings. The van der Waals surface area contributed by atoms with Crippen molar-refractivity contribution in [3.05, 3.63) is 0 Å². The van der Waals surface area contributed by atoms with E-state index in [1.54, 1.807) is 0 Å². The van der Waals surface area contributed by atoms with Gasteiger partial charge in [-0.2, -0.15) is 16.8 Å². The minimum atomic E-state index is -0.121. The second-order valence-corrected chi connectivity index (χ2v) is 5.09. The molecule has 1 atom stereocenters. The average molecular weight is 227 g/mol. The third-order valence-electron chi connectivity index (χ3n) is 2.89. The zero-order chi connectivity index (χ0) is 10.8. The topological polar surface area (TPSA) is 58.7 Å². The first-order valence-corrected chi connectivity index (χ1v) is 6.78. The van der Waals surface area contributed by atoms with Crippen molar-refractivity contribution in [2.45, 2.75) is 37.8 Å². The maximum atomic E-state index is 11.6. The first kappa shape index (κ1) is 10.8. The molecule has 0 radical (unpaired) electrons. The van der Waals surface area contributed by atoms with Crippen LogP contribution in [0, 0.1) is 0 Å².